The van der Waals surface area contributed by atoms with Crippen molar-refractivity contribution < 1.29 is 13.2 Å². The van der Waals surface area contributed by atoms with Crippen LogP contribution >= 0.6 is 23.8 Å². The molecule has 0 saturated carbocycles. The van der Waals surface area contributed by atoms with Gasteiger partial charge in [-0.05, 0) is 79.0 Å². The van der Waals surface area contributed by atoms with E-state index < -0.39 is 11.7 Å². The van der Waals surface area contributed by atoms with E-state index in [0.717, 1.165) is 22.9 Å². The van der Waals surface area contributed by atoms with Crippen molar-refractivity contribution in [1.29, 1.82) is 5.26 Å². The standard InChI is InChI=1S/C30H27ClF3N5S/c1-21-8-13-25(15-28(21)31)37-29(40)38(19-24-5-2-3-7-27(24)30(32,33)34)14-4-6-26-17-36-20-39(26)18-23-11-9-22(16-35)10-12-23/h2-3,5,7-13,15,17,20H,4,6,14,18-19H2,1H3,(H,37,40). The quantitative estimate of drug-likeness (QED) is 0.206. The van der Waals surface area contributed by atoms with Crippen LogP contribution in [-0.2, 0) is 25.7 Å². The Bertz CT molecular complexity index is 1510. The molecular formula is C30H27ClF3N5S. The number of aromatic nitrogens is 2. The Labute approximate surface area is 241 Å². The van der Waals surface area contributed by atoms with Crippen molar-refractivity contribution in [2.75, 3.05) is 11.9 Å². The van der Waals surface area contributed by atoms with Gasteiger partial charge in [-0.1, -0.05) is 48.0 Å². The number of nitriles is 1. The van der Waals surface area contributed by atoms with E-state index in [1.165, 1.54) is 12.1 Å². The van der Waals surface area contributed by atoms with E-state index in [9.17, 15) is 13.2 Å². The van der Waals surface area contributed by atoms with Crippen molar-refractivity contribution in [3.05, 3.63) is 118 Å². The lowest BCUT2D eigenvalue weighted by molar-refractivity contribution is -0.138. The second-order valence-corrected chi connectivity index (χ2v) is 10.2. The Hall–Kier alpha value is -3.87. The second-order valence-electron chi connectivity index (χ2n) is 9.40. The van der Waals surface area contributed by atoms with Crippen molar-refractivity contribution in [3.63, 3.8) is 0 Å². The number of rotatable bonds is 9. The van der Waals surface area contributed by atoms with Gasteiger partial charge in [-0.15, -0.1) is 0 Å². The van der Waals surface area contributed by atoms with E-state index in [0.29, 0.717) is 47.3 Å². The maximum Gasteiger partial charge on any atom is 0.416 e. The number of hydrogen-bond donors (Lipinski definition) is 1. The molecule has 0 fully saturated rings. The van der Waals surface area contributed by atoms with E-state index in [-0.39, 0.29) is 12.1 Å². The van der Waals surface area contributed by atoms with Crippen molar-refractivity contribution in [2.45, 2.75) is 39.0 Å². The Kier molecular flexibility index (Phi) is 9.46. The summed E-state index contributed by atoms with van der Waals surface area (Å²) >= 11 is 11.9. The summed E-state index contributed by atoms with van der Waals surface area (Å²) in [7, 11) is 0. The summed E-state index contributed by atoms with van der Waals surface area (Å²) in [6.45, 7) is 2.89. The summed E-state index contributed by atoms with van der Waals surface area (Å²) in [4.78, 5) is 6.03. The highest BCUT2D eigenvalue weighted by atomic mass is 35.5. The zero-order valence-corrected chi connectivity index (χ0v) is 23.3. The lowest BCUT2D eigenvalue weighted by atomic mass is 10.1. The molecule has 10 heteroatoms. The maximum atomic E-state index is 13.7. The van der Waals surface area contributed by atoms with Gasteiger partial charge >= 0.3 is 6.18 Å². The van der Waals surface area contributed by atoms with Crippen LogP contribution in [0.4, 0.5) is 18.9 Å². The molecule has 4 rings (SSSR count). The number of nitrogens with zero attached hydrogens (tertiary/aromatic N) is 4. The predicted octanol–water partition coefficient (Wildman–Crippen LogP) is 7.62. The molecule has 0 unspecified atom stereocenters. The first kappa shape index (κ1) is 29.1. The number of aryl methyl sites for hydroxylation is 2. The minimum atomic E-state index is -4.47. The molecular weight excluding hydrogens is 555 g/mol. The third kappa shape index (κ3) is 7.62. The van der Waals surface area contributed by atoms with Gasteiger partial charge in [0, 0.05) is 42.2 Å². The Morgan fingerprint density at radius 1 is 1.12 bits per heavy atom. The molecule has 0 radical (unpaired) electrons. The first-order chi connectivity index (χ1) is 19.1. The second kappa shape index (κ2) is 13.0. The van der Waals surface area contributed by atoms with Gasteiger partial charge in [0.25, 0.3) is 0 Å². The third-order valence-electron chi connectivity index (χ3n) is 6.49. The van der Waals surface area contributed by atoms with Crippen LogP contribution in [0.2, 0.25) is 5.02 Å². The van der Waals surface area contributed by atoms with Crippen LogP contribution in [0.25, 0.3) is 0 Å². The Morgan fingerprint density at radius 3 is 2.58 bits per heavy atom. The summed E-state index contributed by atoms with van der Waals surface area (Å²) in [5, 5.41) is 13.0. The number of nitrogens with one attached hydrogen (secondary N) is 1. The molecule has 1 aromatic heterocycles. The fourth-order valence-electron chi connectivity index (χ4n) is 4.30. The molecule has 206 valence electrons. The van der Waals surface area contributed by atoms with Gasteiger partial charge in [0.2, 0.25) is 0 Å². The molecule has 0 aliphatic heterocycles. The van der Waals surface area contributed by atoms with E-state index in [2.05, 4.69) is 16.4 Å². The van der Waals surface area contributed by atoms with Crippen LogP contribution in [0.15, 0.2) is 79.3 Å². The average Bonchev–Trinajstić information content (AvgIpc) is 3.37. The SMILES string of the molecule is Cc1ccc(NC(=S)N(CCCc2cncn2Cc2ccc(C#N)cc2)Cc2ccccc2C(F)(F)F)cc1Cl. The van der Waals surface area contributed by atoms with Crippen molar-refractivity contribution >= 4 is 34.6 Å². The highest BCUT2D eigenvalue weighted by molar-refractivity contribution is 7.80. The van der Waals surface area contributed by atoms with E-state index in [1.54, 1.807) is 41.7 Å². The number of anilines is 1. The van der Waals surface area contributed by atoms with Gasteiger partial charge in [-0.2, -0.15) is 18.4 Å². The van der Waals surface area contributed by atoms with Crippen LogP contribution in [-0.4, -0.2) is 26.1 Å². The van der Waals surface area contributed by atoms with Crippen molar-refractivity contribution in [2.24, 2.45) is 0 Å². The first-order valence-corrected chi connectivity index (χ1v) is 13.4. The van der Waals surface area contributed by atoms with Gasteiger partial charge in [0.15, 0.2) is 5.11 Å². The smallest absolute Gasteiger partial charge is 0.345 e. The van der Waals surface area contributed by atoms with Crippen LogP contribution in [0.3, 0.4) is 0 Å². The first-order valence-electron chi connectivity index (χ1n) is 12.6. The molecule has 0 saturated heterocycles. The van der Waals surface area contributed by atoms with Gasteiger partial charge < -0.3 is 14.8 Å². The van der Waals surface area contributed by atoms with Crippen LogP contribution < -0.4 is 5.32 Å². The number of benzene rings is 3. The van der Waals surface area contributed by atoms with Gasteiger partial charge in [-0.25, -0.2) is 4.98 Å². The topological polar surface area (TPSA) is 56.9 Å². The molecule has 40 heavy (non-hydrogen) atoms. The Balaban J connectivity index is 1.49. The molecule has 1 N–H and O–H groups in total. The van der Waals surface area contributed by atoms with Gasteiger partial charge in [-0.3, -0.25) is 0 Å². The normalized spacial score (nSPS) is 11.2. The summed E-state index contributed by atoms with van der Waals surface area (Å²) in [5.74, 6) is 0. The number of thiocarbonyl (C=S) groups is 1. The average molecular weight is 582 g/mol. The lowest BCUT2D eigenvalue weighted by Crippen LogP contribution is -2.36. The molecule has 5 nitrogen and oxygen atoms in total. The van der Waals surface area contributed by atoms with E-state index in [1.807, 2.05) is 35.8 Å². The third-order valence-corrected chi connectivity index (χ3v) is 7.26. The van der Waals surface area contributed by atoms with Crippen LogP contribution in [0, 0.1) is 18.3 Å². The summed E-state index contributed by atoms with van der Waals surface area (Å²) in [6, 6.07) is 20.5. The van der Waals surface area contributed by atoms with Crippen LogP contribution in [0.5, 0.6) is 0 Å². The number of imidazole rings is 1. The fraction of sp³-hybridized carbons (Fsp3) is 0.233. The molecule has 0 bridgehead atoms. The number of hydrogen-bond acceptors (Lipinski definition) is 3. The molecule has 3 aromatic carbocycles. The van der Waals surface area contributed by atoms with E-state index >= 15 is 0 Å². The summed E-state index contributed by atoms with van der Waals surface area (Å²) in [5.41, 5.74) is 3.66. The minimum Gasteiger partial charge on any atom is -0.345 e. The van der Waals surface area contributed by atoms with Gasteiger partial charge in [0.05, 0.1) is 23.5 Å². The molecule has 4 aromatic rings. The number of alkyl halides is 3. The number of halogens is 4. The monoisotopic (exact) mass is 581 g/mol. The molecule has 0 atom stereocenters. The molecule has 0 aliphatic rings. The van der Waals surface area contributed by atoms with Crippen LogP contribution in [0.1, 0.15) is 39.9 Å². The van der Waals surface area contributed by atoms with Gasteiger partial charge in [0.1, 0.15) is 0 Å². The molecule has 0 amide bonds. The maximum absolute atomic E-state index is 13.7. The summed E-state index contributed by atoms with van der Waals surface area (Å²) in [6.07, 6.45) is 0.339. The highest BCUT2D eigenvalue weighted by Crippen LogP contribution is 2.32. The molecule has 1 heterocycles. The lowest BCUT2D eigenvalue weighted by Gasteiger charge is -2.27. The highest BCUT2D eigenvalue weighted by Gasteiger charge is 2.33. The van der Waals surface area contributed by atoms with Crippen molar-refractivity contribution in [1.82, 2.24) is 14.5 Å². The minimum absolute atomic E-state index is 0.00832. The molecule has 0 aliphatic carbocycles. The predicted molar refractivity (Wildman–Crippen MR) is 155 cm³/mol. The fourth-order valence-corrected chi connectivity index (χ4v) is 4.75. The molecule has 0 spiro atoms. The zero-order chi connectivity index (χ0) is 28.7. The van der Waals surface area contributed by atoms with Crippen molar-refractivity contribution in [3.8, 4) is 6.07 Å². The van der Waals surface area contributed by atoms with E-state index in [4.69, 9.17) is 29.1 Å². The Morgan fingerprint density at radius 2 is 1.88 bits per heavy atom. The largest absolute Gasteiger partial charge is 0.416 e. The summed E-state index contributed by atoms with van der Waals surface area (Å²) < 4.78 is 43.2. The zero-order valence-electron chi connectivity index (χ0n) is 21.8.